The average molecular weight is 271 g/mol. The molecule has 0 aromatic heterocycles. The standard InChI is InChI=1S/C12H15BrO2/c1-4-10(12(14)15)9-5-7(2)11(13)8(3)6-9/h5-6,10H,4H2,1-3H3,(H,14,15). The van der Waals surface area contributed by atoms with E-state index in [2.05, 4.69) is 15.9 Å². The van der Waals surface area contributed by atoms with Crippen molar-refractivity contribution >= 4 is 21.9 Å². The second kappa shape index (κ2) is 4.79. The Balaban J connectivity index is 3.20. The van der Waals surface area contributed by atoms with Crippen LogP contribution in [0.25, 0.3) is 0 Å². The number of aryl methyl sites for hydroxylation is 2. The van der Waals surface area contributed by atoms with Gasteiger partial charge in [0.1, 0.15) is 0 Å². The molecule has 0 aliphatic heterocycles. The van der Waals surface area contributed by atoms with Crippen LogP contribution in [-0.4, -0.2) is 11.1 Å². The molecule has 0 saturated heterocycles. The molecule has 1 aromatic rings. The third-order valence-corrected chi connectivity index (χ3v) is 3.82. The number of benzene rings is 1. The molecule has 82 valence electrons. The Kier molecular flexibility index (Phi) is 3.91. The Morgan fingerprint density at radius 1 is 1.40 bits per heavy atom. The topological polar surface area (TPSA) is 37.3 Å². The maximum atomic E-state index is 11.0. The van der Waals surface area contributed by atoms with Crippen LogP contribution in [0.15, 0.2) is 16.6 Å². The summed E-state index contributed by atoms with van der Waals surface area (Å²) in [6.45, 7) is 5.86. The van der Waals surface area contributed by atoms with Gasteiger partial charge in [0.15, 0.2) is 0 Å². The molecule has 0 amide bonds. The van der Waals surface area contributed by atoms with Gasteiger partial charge in [0, 0.05) is 4.47 Å². The molecule has 3 heteroatoms. The van der Waals surface area contributed by atoms with E-state index < -0.39 is 11.9 Å². The molecule has 0 bridgehead atoms. The summed E-state index contributed by atoms with van der Waals surface area (Å²) in [5, 5.41) is 9.07. The Morgan fingerprint density at radius 2 is 1.87 bits per heavy atom. The van der Waals surface area contributed by atoms with E-state index in [9.17, 15) is 4.79 Å². The SMILES string of the molecule is CCC(C(=O)O)c1cc(C)c(Br)c(C)c1. The van der Waals surface area contributed by atoms with Gasteiger partial charge in [-0.1, -0.05) is 35.0 Å². The van der Waals surface area contributed by atoms with Crippen molar-refractivity contribution in [3.8, 4) is 0 Å². The Labute approximate surface area is 98.4 Å². The highest BCUT2D eigenvalue weighted by atomic mass is 79.9. The first-order chi connectivity index (χ1) is 6.97. The molecular formula is C12H15BrO2. The van der Waals surface area contributed by atoms with Crippen molar-refractivity contribution in [2.75, 3.05) is 0 Å². The summed E-state index contributed by atoms with van der Waals surface area (Å²) in [4.78, 5) is 11.0. The summed E-state index contributed by atoms with van der Waals surface area (Å²) in [7, 11) is 0. The van der Waals surface area contributed by atoms with Gasteiger partial charge in [0.2, 0.25) is 0 Å². The van der Waals surface area contributed by atoms with Crippen LogP contribution in [0.4, 0.5) is 0 Å². The fourth-order valence-corrected chi connectivity index (χ4v) is 1.96. The maximum absolute atomic E-state index is 11.0. The summed E-state index contributed by atoms with van der Waals surface area (Å²) >= 11 is 3.47. The van der Waals surface area contributed by atoms with Crippen molar-refractivity contribution < 1.29 is 9.90 Å². The Bertz CT molecular complexity index is 362. The minimum atomic E-state index is -0.751. The van der Waals surface area contributed by atoms with E-state index in [4.69, 9.17) is 5.11 Å². The predicted molar refractivity (Wildman–Crippen MR) is 64.3 cm³/mol. The van der Waals surface area contributed by atoms with Gasteiger partial charge in [-0.2, -0.15) is 0 Å². The molecule has 0 spiro atoms. The van der Waals surface area contributed by atoms with Crippen LogP contribution >= 0.6 is 15.9 Å². The van der Waals surface area contributed by atoms with Crippen molar-refractivity contribution in [1.82, 2.24) is 0 Å². The molecule has 0 fully saturated rings. The quantitative estimate of drug-likeness (QED) is 0.911. The fourth-order valence-electron chi connectivity index (χ4n) is 1.73. The minimum Gasteiger partial charge on any atom is -0.481 e. The van der Waals surface area contributed by atoms with E-state index in [1.807, 2.05) is 32.9 Å². The number of rotatable bonds is 3. The van der Waals surface area contributed by atoms with Gasteiger partial charge in [0.25, 0.3) is 0 Å². The lowest BCUT2D eigenvalue weighted by Gasteiger charge is -2.13. The zero-order chi connectivity index (χ0) is 11.6. The maximum Gasteiger partial charge on any atom is 0.310 e. The van der Waals surface area contributed by atoms with Gasteiger partial charge >= 0.3 is 5.97 Å². The summed E-state index contributed by atoms with van der Waals surface area (Å²) in [6, 6.07) is 3.89. The molecule has 1 atom stereocenters. The van der Waals surface area contributed by atoms with Crippen LogP contribution in [0.5, 0.6) is 0 Å². The molecule has 0 aliphatic carbocycles. The number of carboxylic acid groups (broad SMARTS) is 1. The lowest BCUT2D eigenvalue weighted by molar-refractivity contribution is -0.138. The Morgan fingerprint density at radius 3 is 2.20 bits per heavy atom. The molecule has 1 unspecified atom stereocenters. The number of halogens is 1. The first-order valence-electron chi connectivity index (χ1n) is 4.96. The number of aliphatic carboxylic acids is 1. The summed E-state index contributed by atoms with van der Waals surface area (Å²) < 4.78 is 1.06. The highest BCUT2D eigenvalue weighted by Gasteiger charge is 2.18. The molecule has 15 heavy (non-hydrogen) atoms. The van der Waals surface area contributed by atoms with Crippen LogP contribution in [-0.2, 0) is 4.79 Å². The summed E-state index contributed by atoms with van der Waals surface area (Å²) in [5.41, 5.74) is 3.07. The zero-order valence-electron chi connectivity index (χ0n) is 9.17. The van der Waals surface area contributed by atoms with E-state index in [1.165, 1.54) is 0 Å². The van der Waals surface area contributed by atoms with E-state index in [-0.39, 0.29) is 0 Å². The van der Waals surface area contributed by atoms with E-state index in [1.54, 1.807) is 0 Å². The second-order valence-electron chi connectivity index (χ2n) is 3.77. The average Bonchev–Trinajstić information content (AvgIpc) is 2.14. The van der Waals surface area contributed by atoms with Gasteiger partial charge in [-0.15, -0.1) is 0 Å². The molecule has 1 rings (SSSR count). The van der Waals surface area contributed by atoms with Crippen molar-refractivity contribution in [3.63, 3.8) is 0 Å². The lowest BCUT2D eigenvalue weighted by Crippen LogP contribution is -2.11. The van der Waals surface area contributed by atoms with E-state index >= 15 is 0 Å². The largest absolute Gasteiger partial charge is 0.481 e. The number of hydrogen-bond donors (Lipinski definition) is 1. The molecule has 1 aromatic carbocycles. The monoisotopic (exact) mass is 270 g/mol. The van der Waals surface area contributed by atoms with Gasteiger partial charge in [-0.25, -0.2) is 0 Å². The van der Waals surface area contributed by atoms with Crippen LogP contribution in [0.3, 0.4) is 0 Å². The van der Waals surface area contributed by atoms with E-state index in [0.717, 1.165) is 21.2 Å². The van der Waals surface area contributed by atoms with Gasteiger partial charge in [0.05, 0.1) is 5.92 Å². The molecule has 1 N–H and O–H groups in total. The number of carbonyl (C=O) groups is 1. The predicted octanol–water partition coefficient (Wildman–Crippen LogP) is 3.64. The van der Waals surface area contributed by atoms with E-state index in [0.29, 0.717) is 6.42 Å². The van der Waals surface area contributed by atoms with Crippen molar-refractivity contribution in [1.29, 1.82) is 0 Å². The first-order valence-corrected chi connectivity index (χ1v) is 5.76. The normalized spacial score (nSPS) is 12.5. The van der Waals surface area contributed by atoms with Crippen LogP contribution < -0.4 is 0 Å². The lowest BCUT2D eigenvalue weighted by atomic mass is 9.94. The van der Waals surface area contributed by atoms with Crippen LogP contribution in [0.2, 0.25) is 0 Å². The minimum absolute atomic E-state index is 0.393. The van der Waals surface area contributed by atoms with Gasteiger partial charge in [-0.3, -0.25) is 4.79 Å². The molecule has 2 nitrogen and oxygen atoms in total. The molecule has 0 saturated carbocycles. The van der Waals surface area contributed by atoms with Crippen molar-refractivity contribution in [2.45, 2.75) is 33.1 Å². The first kappa shape index (κ1) is 12.2. The van der Waals surface area contributed by atoms with Crippen molar-refractivity contribution in [2.24, 2.45) is 0 Å². The zero-order valence-corrected chi connectivity index (χ0v) is 10.8. The number of hydrogen-bond acceptors (Lipinski definition) is 1. The highest BCUT2D eigenvalue weighted by molar-refractivity contribution is 9.10. The smallest absolute Gasteiger partial charge is 0.310 e. The van der Waals surface area contributed by atoms with Crippen molar-refractivity contribution in [3.05, 3.63) is 33.3 Å². The Hall–Kier alpha value is -0.830. The second-order valence-corrected chi connectivity index (χ2v) is 4.56. The highest BCUT2D eigenvalue weighted by Crippen LogP contribution is 2.28. The molecule has 0 aliphatic rings. The third-order valence-electron chi connectivity index (χ3n) is 2.57. The summed E-state index contributed by atoms with van der Waals surface area (Å²) in [6.07, 6.45) is 0.621. The van der Waals surface area contributed by atoms with Crippen LogP contribution in [0.1, 0.15) is 36.0 Å². The van der Waals surface area contributed by atoms with Gasteiger partial charge < -0.3 is 5.11 Å². The molecular weight excluding hydrogens is 256 g/mol. The number of carboxylic acids is 1. The fraction of sp³-hybridized carbons (Fsp3) is 0.417. The third kappa shape index (κ3) is 2.59. The van der Waals surface area contributed by atoms with Crippen LogP contribution in [0, 0.1) is 13.8 Å². The van der Waals surface area contributed by atoms with Gasteiger partial charge in [-0.05, 0) is 37.0 Å². The molecule has 0 heterocycles. The molecule has 0 radical (unpaired) electrons. The summed E-state index contributed by atoms with van der Waals surface area (Å²) in [5.74, 6) is -1.14.